The van der Waals surface area contributed by atoms with Crippen LogP contribution in [0.4, 0.5) is 11.4 Å². The van der Waals surface area contributed by atoms with Crippen LogP contribution in [-0.4, -0.2) is 29.7 Å². The number of carbonyl (C=O) groups is 1. The van der Waals surface area contributed by atoms with Crippen LogP contribution < -0.4 is 4.74 Å². The number of allylic oxidation sites excluding steroid dienone is 1. The fourth-order valence-corrected chi connectivity index (χ4v) is 1.43. The number of hydrogen-bond acceptors (Lipinski definition) is 8. The maximum atomic E-state index is 11.6. The zero-order chi connectivity index (χ0) is 16.7. The Morgan fingerprint density at radius 3 is 2.64 bits per heavy atom. The van der Waals surface area contributed by atoms with Crippen molar-refractivity contribution in [3.8, 4) is 5.75 Å². The minimum Gasteiger partial charge on any atom is -0.510 e. The highest BCUT2D eigenvalue weighted by atomic mass is 16.6. The summed E-state index contributed by atoms with van der Waals surface area (Å²) in [5.41, 5.74) is -0.367. The van der Waals surface area contributed by atoms with E-state index in [0.717, 1.165) is 0 Å². The molecule has 0 saturated carbocycles. The lowest BCUT2D eigenvalue weighted by Gasteiger charge is -2.04. The number of non-ortho nitro benzene ring substituents is 1. The summed E-state index contributed by atoms with van der Waals surface area (Å²) >= 11 is 0. The number of nitrogens with zero attached hydrogens (tertiary/aromatic N) is 3. The second-order valence-corrected chi connectivity index (χ2v) is 3.97. The first-order valence-corrected chi connectivity index (χ1v) is 6.21. The molecule has 0 aliphatic carbocycles. The Labute approximate surface area is 126 Å². The van der Waals surface area contributed by atoms with Gasteiger partial charge >= 0.3 is 5.97 Å². The largest absolute Gasteiger partial charge is 0.510 e. The molecule has 0 fully saturated rings. The fourth-order valence-electron chi connectivity index (χ4n) is 1.43. The number of rotatable bonds is 6. The third-order valence-electron chi connectivity index (χ3n) is 2.44. The molecular formula is C13H15N3O6. The highest BCUT2D eigenvalue weighted by molar-refractivity contribution is 5.88. The SMILES string of the molecule is CCOC(=O)C(N=Nc1ccc([N+](=O)[O-])cc1OC)=C(C)O. The molecule has 0 amide bonds. The third kappa shape index (κ3) is 4.27. The van der Waals surface area contributed by atoms with Crippen molar-refractivity contribution in [2.45, 2.75) is 13.8 Å². The second-order valence-electron chi connectivity index (χ2n) is 3.97. The Hall–Kier alpha value is -2.97. The quantitative estimate of drug-likeness (QED) is 0.215. The van der Waals surface area contributed by atoms with E-state index in [9.17, 15) is 20.0 Å². The van der Waals surface area contributed by atoms with Crippen LogP contribution >= 0.6 is 0 Å². The maximum Gasteiger partial charge on any atom is 0.362 e. The van der Waals surface area contributed by atoms with Crippen molar-refractivity contribution in [2.75, 3.05) is 13.7 Å². The van der Waals surface area contributed by atoms with Crippen LogP contribution in [0.25, 0.3) is 0 Å². The first kappa shape index (κ1) is 17.1. The summed E-state index contributed by atoms with van der Waals surface area (Å²) in [4.78, 5) is 21.7. The number of carbonyl (C=O) groups excluding carboxylic acids is 1. The number of aliphatic hydroxyl groups is 1. The lowest BCUT2D eigenvalue weighted by Crippen LogP contribution is -2.07. The van der Waals surface area contributed by atoms with Gasteiger partial charge in [0, 0.05) is 6.07 Å². The number of azo groups is 1. The number of esters is 1. The summed E-state index contributed by atoms with van der Waals surface area (Å²) in [6.45, 7) is 2.99. The van der Waals surface area contributed by atoms with Gasteiger partial charge in [0.05, 0.1) is 24.7 Å². The Morgan fingerprint density at radius 1 is 1.45 bits per heavy atom. The number of nitro groups is 1. The topological polar surface area (TPSA) is 124 Å². The molecule has 9 nitrogen and oxygen atoms in total. The number of methoxy groups -OCH3 is 1. The van der Waals surface area contributed by atoms with Gasteiger partial charge in [-0.15, -0.1) is 10.2 Å². The average molecular weight is 309 g/mol. The summed E-state index contributed by atoms with van der Waals surface area (Å²) in [6.07, 6.45) is 0. The summed E-state index contributed by atoms with van der Waals surface area (Å²) in [5.74, 6) is -1.08. The monoisotopic (exact) mass is 309 g/mol. The molecule has 0 bridgehead atoms. The van der Waals surface area contributed by atoms with Crippen molar-refractivity contribution in [3.63, 3.8) is 0 Å². The Morgan fingerprint density at radius 2 is 2.14 bits per heavy atom. The summed E-state index contributed by atoms with van der Waals surface area (Å²) in [7, 11) is 1.32. The molecule has 1 aromatic rings. The van der Waals surface area contributed by atoms with Crippen molar-refractivity contribution in [1.82, 2.24) is 0 Å². The Kier molecular flexibility index (Phi) is 5.99. The zero-order valence-electron chi connectivity index (χ0n) is 12.3. The summed E-state index contributed by atoms with van der Waals surface area (Å²) in [6, 6.07) is 3.71. The maximum absolute atomic E-state index is 11.6. The number of aliphatic hydroxyl groups excluding tert-OH is 1. The predicted octanol–water partition coefficient (Wildman–Crippen LogP) is 3.04. The van der Waals surface area contributed by atoms with Crippen LogP contribution in [0.3, 0.4) is 0 Å². The first-order valence-electron chi connectivity index (χ1n) is 6.21. The zero-order valence-corrected chi connectivity index (χ0v) is 12.3. The number of hydrogen-bond donors (Lipinski definition) is 1. The van der Waals surface area contributed by atoms with Gasteiger partial charge < -0.3 is 14.6 Å². The molecule has 1 aromatic carbocycles. The van der Waals surface area contributed by atoms with Crippen molar-refractivity contribution >= 4 is 17.3 Å². The molecule has 0 unspecified atom stereocenters. The summed E-state index contributed by atoms with van der Waals surface area (Å²) in [5, 5.41) is 27.5. The van der Waals surface area contributed by atoms with Gasteiger partial charge in [-0.25, -0.2) is 4.79 Å². The van der Waals surface area contributed by atoms with Gasteiger partial charge in [0.2, 0.25) is 5.70 Å². The van der Waals surface area contributed by atoms with Gasteiger partial charge in [0.1, 0.15) is 11.4 Å². The van der Waals surface area contributed by atoms with Gasteiger partial charge in [-0.1, -0.05) is 0 Å². The highest BCUT2D eigenvalue weighted by Gasteiger charge is 2.15. The lowest BCUT2D eigenvalue weighted by molar-refractivity contribution is -0.384. The summed E-state index contributed by atoms with van der Waals surface area (Å²) < 4.78 is 9.71. The molecule has 0 aliphatic rings. The van der Waals surface area contributed by atoms with E-state index in [0.29, 0.717) is 0 Å². The molecule has 118 valence electrons. The van der Waals surface area contributed by atoms with E-state index in [1.807, 2.05) is 0 Å². The Bertz CT molecular complexity index is 635. The number of ether oxygens (including phenoxy) is 2. The molecule has 0 saturated heterocycles. The average Bonchev–Trinajstić information content (AvgIpc) is 2.47. The van der Waals surface area contributed by atoms with Crippen molar-refractivity contribution in [1.29, 1.82) is 0 Å². The van der Waals surface area contributed by atoms with E-state index in [1.54, 1.807) is 6.92 Å². The van der Waals surface area contributed by atoms with Gasteiger partial charge in [-0.3, -0.25) is 10.1 Å². The van der Waals surface area contributed by atoms with Crippen molar-refractivity contribution in [3.05, 3.63) is 39.8 Å². The molecule has 22 heavy (non-hydrogen) atoms. The van der Waals surface area contributed by atoms with E-state index in [4.69, 9.17) is 9.47 Å². The fraction of sp³-hybridized carbons (Fsp3) is 0.308. The molecule has 0 heterocycles. The molecular weight excluding hydrogens is 294 g/mol. The lowest BCUT2D eigenvalue weighted by atomic mass is 10.2. The van der Waals surface area contributed by atoms with Crippen LogP contribution in [0, 0.1) is 10.1 Å². The van der Waals surface area contributed by atoms with Crippen LogP contribution in [0.15, 0.2) is 39.9 Å². The molecule has 0 aliphatic heterocycles. The molecule has 0 spiro atoms. The van der Waals surface area contributed by atoms with Crippen LogP contribution in [0.5, 0.6) is 5.75 Å². The van der Waals surface area contributed by atoms with E-state index in [1.165, 1.54) is 32.2 Å². The minimum atomic E-state index is -0.827. The number of nitro benzene ring substituents is 1. The molecule has 0 aromatic heterocycles. The standard InChI is InChI=1S/C13H15N3O6/c1-4-22-13(18)12(8(2)17)15-14-10-6-5-9(16(19)20)7-11(10)21-3/h5-7,17H,4H2,1-3H3. The Balaban J connectivity index is 3.14. The molecule has 9 heteroatoms. The highest BCUT2D eigenvalue weighted by Crippen LogP contribution is 2.32. The molecule has 0 radical (unpaired) electrons. The van der Waals surface area contributed by atoms with Gasteiger partial charge in [-0.05, 0) is 19.9 Å². The third-order valence-corrected chi connectivity index (χ3v) is 2.44. The van der Waals surface area contributed by atoms with Crippen LogP contribution in [0.2, 0.25) is 0 Å². The van der Waals surface area contributed by atoms with E-state index in [-0.39, 0.29) is 35.2 Å². The van der Waals surface area contributed by atoms with Crippen molar-refractivity contribution < 1.29 is 24.3 Å². The predicted molar refractivity (Wildman–Crippen MR) is 76.1 cm³/mol. The minimum absolute atomic E-state index is 0.108. The molecule has 1 N–H and O–H groups in total. The first-order chi connectivity index (χ1) is 10.4. The van der Waals surface area contributed by atoms with Crippen molar-refractivity contribution in [2.24, 2.45) is 10.2 Å². The van der Waals surface area contributed by atoms with Crippen LogP contribution in [0.1, 0.15) is 13.8 Å². The number of benzene rings is 1. The van der Waals surface area contributed by atoms with E-state index < -0.39 is 10.9 Å². The van der Waals surface area contributed by atoms with E-state index in [2.05, 4.69) is 10.2 Å². The van der Waals surface area contributed by atoms with Crippen LogP contribution in [-0.2, 0) is 9.53 Å². The molecule has 0 atom stereocenters. The van der Waals surface area contributed by atoms with E-state index >= 15 is 0 Å². The van der Waals surface area contributed by atoms with Gasteiger partial charge in [0.15, 0.2) is 5.75 Å². The second kappa shape index (κ2) is 7.72. The molecule has 1 rings (SSSR count). The normalized spacial score (nSPS) is 12.0. The van der Waals surface area contributed by atoms with Gasteiger partial charge in [0.25, 0.3) is 5.69 Å². The smallest absolute Gasteiger partial charge is 0.362 e. The van der Waals surface area contributed by atoms with Gasteiger partial charge in [-0.2, -0.15) is 0 Å².